The van der Waals surface area contributed by atoms with Crippen molar-refractivity contribution in [2.24, 2.45) is 0 Å². The van der Waals surface area contributed by atoms with Gasteiger partial charge in [-0.3, -0.25) is 15.0 Å². The standard InChI is InChI=1S/C30H27ClF3N4O4/c31-24-13-11-22(12-14-24)28(40)37-17-23-5-1-2-6-25(23)38(26(39)18-37,42-29(41)30(32,33)34)19-20-7-9-21(10-8-20)27(35)36-15-3-4-16-36/h1-2,5-14,35H,3-4,15-19H2/q+1. The minimum Gasteiger partial charge on any atom is -0.357 e. The van der Waals surface area contributed by atoms with Gasteiger partial charge in [-0.25, -0.2) is 9.59 Å². The Bertz CT molecular complexity index is 1520. The van der Waals surface area contributed by atoms with Crippen molar-refractivity contribution in [1.82, 2.24) is 14.4 Å². The van der Waals surface area contributed by atoms with E-state index in [1.165, 1.54) is 41.3 Å². The maximum Gasteiger partial charge on any atom is 0.497 e. The van der Waals surface area contributed by atoms with Crippen molar-refractivity contribution in [3.8, 4) is 0 Å². The maximum absolute atomic E-state index is 14.0. The third-order valence-corrected chi connectivity index (χ3v) is 7.63. The van der Waals surface area contributed by atoms with Gasteiger partial charge >= 0.3 is 18.1 Å². The minimum atomic E-state index is -5.37. The van der Waals surface area contributed by atoms with Gasteiger partial charge in [-0.15, -0.1) is 0 Å². The lowest BCUT2D eigenvalue weighted by Gasteiger charge is -2.31. The molecule has 0 aliphatic carbocycles. The molecular weight excluding hydrogens is 573 g/mol. The second-order valence-electron chi connectivity index (χ2n) is 10.2. The molecule has 8 nitrogen and oxygen atoms in total. The first-order valence-corrected chi connectivity index (χ1v) is 13.6. The van der Waals surface area contributed by atoms with Crippen LogP contribution in [-0.2, 0) is 27.5 Å². The van der Waals surface area contributed by atoms with Crippen LogP contribution >= 0.6 is 11.6 Å². The fourth-order valence-corrected chi connectivity index (χ4v) is 5.36. The number of quaternary nitrogens is 1. The van der Waals surface area contributed by atoms with Crippen molar-refractivity contribution in [3.05, 3.63) is 100 Å². The molecule has 2 aliphatic heterocycles. The largest absolute Gasteiger partial charge is 0.497 e. The lowest BCUT2D eigenvalue weighted by Crippen LogP contribution is -2.58. The Morgan fingerprint density at radius 3 is 2.14 bits per heavy atom. The summed E-state index contributed by atoms with van der Waals surface area (Å²) in [6.45, 7) is 0.338. The summed E-state index contributed by atoms with van der Waals surface area (Å²) in [5, 5.41) is 8.88. The van der Waals surface area contributed by atoms with Crippen molar-refractivity contribution >= 4 is 40.9 Å². The first-order chi connectivity index (χ1) is 20.0. The van der Waals surface area contributed by atoms with E-state index in [4.69, 9.17) is 21.8 Å². The highest BCUT2D eigenvalue weighted by molar-refractivity contribution is 6.30. The molecule has 3 aromatic carbocycles. The van der Waals surface area contributed by atoms with Crippen LogP contribution in [-0.4, -0.2) is 59.2 Å². The van der Waals surface area contributed by atoms with Gasteiger partial charge in [-0.2, -0.15) is 13.2 Å². The van der Waals surface area contributed by atoms with Crippen molar-refractivity contribution in [1.29, 1.82) is 5.41 Å². The zero-order valence-corrected chi connectivity index (χ0v) is 23.1. The molecular formula is C30H27ClF3N4O4+. The lowest BCUT2D eigenvalue weighted by molar-refractivity contribution is -0.235. The van der Waals surface area contributed by atoms with E-state index in [1.54, 1.807) is 36.4 Å². The molecule has 1 unspecified atom stereocenters. The van der Waals surface area contributed by atoms with E-state index < -0.39 is 41.7 Å². The quantitative estimate of drug-likeness (QED) is 0.239. The molecule has 1 fully saturated rings. The van der Waals surface area contributed by atoms with E-state index in [2.05, 4.69) is 0 Å². The van der Waals surface area contributed by atoms with Crippen molar-refractivity contribution < 1.29 is 32.4 Å². The van der Waals surface area contributed by atoms with Gasteiger partial charge in [0.15, 0.2) is 12.2 Å². The number of nitrogens with zero attached hydrogens (tertiary/aromatic N) is 3. The van der Waals surface area contributed by atoms with E-state index in [1.807, 2.05) is 4.90 Å². The number of hydrogen-bond acceptors (Lipinski definition) is 5. The van der Waals surface area contributed by atoms with Gasteiger partial charge in [0.25, 0.3) is 5.91 Å². The van der Waals surface area contributed by atoms with Gasteiger partial charge in [0, 0.05) is 46.4 Å². The third kappa shape index (κ3) is 5.88. The number of likely N-dealkylation sites (tertiary alicyclic amines) is 1. The van der Waals surface area contributed by atoms with E-state index in [-0.39, 0.29) is 17.8 Å². The molecule has 0 saturated carbocycles. The van der Waals surface area contributed by atoms with Gasteiger partial charge in [-0.05, 0) is 41.8 Å². The van der Waals surface area contributed by atoms with Crippen LogP contribution in [0.2, 0.25) is 5.02 Å². The fourth-order valence-electron chi connectivity index (χ4n) is 5.24. The van der Waals surface area contributed by atoms with E-state index in [0.717, 1.165) is 25.9 Å². The number of amides is 2. The number of nitrogens with one attached hydrogen (secondary N) is 1. The van der Waals surface area contributed by atoms with Gasteiger partial charge < -0.3 is 9.80 Å². The molecule has 218 valence electrons. The number of alkyl halides is 3. The summed E-state index contributed by atoms with van der Waals surface area (Å²) in [7, 11) is 0. The summed E-state index contributed by atoms with van der Waals surface area (Å²) >= 11 is 5.94. The highest BCUT2D eigenvalue weighted by Crippen LogP contribution is 2.37. The normalized spacial score (nSPS) is 18.8. The number of para-hydroxylation sites is 1. The highest BCUT2D eigenvalue weighted by Gasteiger charge is 2.55. The van der Waals surface area contributed by atoms with Crippen LogP contribution in [0.1, 0.15) is 39.9 Å². The zero-order chi connectivity index (χ0) is 30.1. The Balaban J connectivity index is 1.54. The Hall–Kier alpha value is -4.22. The maximum atomic E-state index is 14.0. The van der Waals surface area contributed by atoms with Gasteiger partial charge in [0.05, 0.1) is 6.54 Å². The second-order valence-corrected chi connectivity index (χ2v) is 10.6. The zero-order valence-electron chi connectivity index (χ0n) is 22.4. The summed E-state index contributed by atoms with van der Waals surface area (Å²) in [4.78, 5) is 47.9. The van der Waals surface area contributed by atoms with Crippen LogP contribution in [0.15, 0.2) is 72.8 Å². The number of rotatable bonds is 5. The molecule has 2 amide bonds. The predicted octanol–water partition coefficient (Wildman–Crippen LogP) is 5.47. The van der Waals surface area contributed by atoms with Crippen LogP contribution in [0.4, 0.5) is 18.9 Å². The third-order valence-electron chi connectivity index (χ3n) is 7.37. The molecule has 3 aromatic rings. The molecule has 1 atom stereocenters. The van der Waals surface area contributed by atoms with Crippen molar-refractivity contribution in [3.63, 3.8) is 0 Å². The number of hydrogen-bond donors (Lipinski definition) is 1. The van der Waals surface area contributed by atoms with Crippen LogP contribution in [0, 0.1) is 5.41 Å². The first kappa shape index (κ1) is 29.3. The molecule has 5 rings (SSSR count). The number of amidine groups is 1. The van der Waals surface area contributed by atoms with Crippen LogP contribution in [0.5, 0.6) is 0 Å². The SMILES string of the molecule is N=C(c1ccc(C[N+]2(OC(=O)C(F)(F)F)C(=O)CN(C(=O)c3ccc(Cl)cc3)Cc3ccccc32)cc1)N1CCCC1. The highest BCUT2D eigenvalue weighted by atomic mass is 35.5. The van der Waals surface area contributed by atoms with E-state index in [9.17, 15) is 27.6 Å². The second kappa shape index (κ2) is 11.6. The van der Waals surface area contributed by atoms with Crippen LogP contribution < -0.4 is 4.65 Å². The van der Waals surface area contributed by atoms with Gasteiger partial charge in [-0.1, -0.05) is 54.1 Å². The van der Waals surface area contributed by atoms with Crippen molar-refractivity contribution in [2.75, 3.05) is 19.6 Å². The number of carbonyl (C=O) groups is 3. The van der Waals surface area contributed by atoms with Crippen molar-refractivity contribution in [2.45, 2.75) is 32.1 Å². The Morgan fingerprint density at radius 1 is 0.881 bits per heavy atom. The Kier molecular flexibility index (Phi) is 8.07. The van der Waals surface area contributed by atoms with Gasteiger partial charge in [0.1, 0.15) is 12.4 Å². The molecule has 2 heterocycles. The number of halogens is 4. The molecule has 12 heteroatoms. The van der Waals surface area contributed by atoms with Crippen LogP contribution in [0.25, 0.3) is 0 Å². The Labute approximate surface area is 244 Å². The minimum absolute atomic E-state index is 0.0143. The average Bonchev–Trinajstić information content (AvgIpc) is 3.48. The number of carbonyl (C=O) groups excluding carboxylic acids is 3. The van der Waals surface area contributed by atoms with Gasteiger partial charge in [0.2, 0.25) is 0 Å². The monoisotopic (exact) mass is 599 g/mol. The molecule has 1 saturated heterocycles. The first-order valence-electron chi connectivity index (χ1n) is 13.3. The van der Waals surface area contributed by atoms with E-state index >= 15 is 0 Å². The molecule has 1 N–H and O–H groups in total. The summed E-state index contributed by atoms with van der Waals surface area (Å²) in [5.74, 6) is -3.68. The summed E-state index contributed by atoms with van der Waals surface area (Å²) in [6.07, 6.45) is -3.39. The fraction of sp³-hybridized carbons (Fsp3) is 0.267. The molecule has 42 heavy (non-hydrogen) atoms. The Morgan fingerprint density at radius 2 is 1.50 bits per heavy atom. The molecule has 2 aliphatic rings. The predicted molar refractivity (Wildman–Crippen MR) is 149 cm³/mol. The van der Waals surface area contributed by atoms with Crippen LogP contribution in [0.3, 0.4) is 0 Å². The molecule has 0 radical (unpaired) electrons. The number of fused-ring (bicyclic) bond motifs is 1. The summed E-state index contributed by atoms with van der Waals surface area (Å²) < 4.78 is 39.3. The number of benzene rings is 3. The lowest BCUT2D eigenvalue weighted by atomic mass is 10.1. The van der Waals surface area contributed by atoms with E-state index in [0.29, 0.717) is 27.5 Å². The molecule has 0 aromatic heterocycles. The summed E-state index contributed by atoms with van der Waals surface area (Å²) in [5.41, 5.74) is 1.59. The molecule has 0 spiro atoms. The average molecular weight is 600 g/mol. The molecule has 0 bridgehead atoms. The number of hydroxylamine groups is 2. The topological polar surface area (TPSA) is 90.8 Å². The summed E-state index contributed by atoms with van der Waals surface area (Å²) in [6, 6.07) is 18.6. The smallest absolute Gasteiger partial charge is 0.357 e.